The average molecular weight is 322 g/mol. The minimum Gasteiger partial charge on any atom is -0.494 e. The largest absolute Gasteiger partial charge is 0.494 e. The highest BCUT2D eigenvalue weighted by molar-refractivity contribution is 6.39. The van der Waals surface area contributed by atoms with Crippen molar-refractivity contribution in [1.82, 2.24) is 5.32 Å². The number of ether oxygens (including phenoxy) is 1. The summed E-state index contributed by atoms with van der Waals surface area (Å²) in [5.41, 5.74) is 0.549. The maximum atomic E-state index is 11.7. The highest BCUT2D eigenvalue weighted by Gasteiger charge is 2.12. The van der Waals surface area contributed by atoms with Crippen LogP contribution in [-0.4, -0.2) is 36.7 Å². The molecule has 23 heavy (non-hydrogen) atoms. The van der Waals surface area contributed by atoms with Crippen molar-refractivity contribution in [2.24, 2.45) is 0 Å². The molecule has 6 nitrogen and oxygen atoms in total. The van der Waals surface area contributed by atoms with E-state index in [-0.39, 0.29) is 6.61 Å². The number of hydrogen-bond donors (Lipinski definition) is 3. The van der Waals surface area contributed by atoms with Gasteiger partial charge in [0, 0.05) is 18.8 Å². The van der Waals surface area contributed by atoms with Crippen molar-refractivity contribution >= 4 is 17.5 Å². The summed E-state index contributed by atoms with van der Waals surface area (Å²) in [5, 5.41) is 13.7. The minimum absolute atomic E-state index is 0.145. The van der Waals surface area contributed by atoms with Crippen molar-refractivity contribution < 1.29 is 19.4 Å². The highest BCUT2D eigenvalue weighted by atomic mass is 16.5. The Morgan fingerprint density at radius 1 is 1.04 bits per heavy atom. The van der Waals surface area contributed by atoms with Gasteiger partial charge in [-0.2, -0.15) is 0 Å². The highest BCUT2D eigenvalue weighted by Crippen LogP contribution is 2.15. The summed E-state index contributed by atoms with van der Waals surface area (Å²) in [4.78, 5) is 23.4. The van der Waals surface area contributed by atoms with E-state index >= 15 is 0 Å². The maximum Gasteiger partial charge on any atom is 0.313 e. The molecule has 0 fully saturated rings. The smallest absolute Gasteiger partial charge is 0.313 e. The molecular weight excluding hydrogens is 296 g/mol. The molecule has 0 aliphatic carbocycles. The first-order chi connectivity index (χ1) is 11.2. The number of benzene rings is 1. The van der Waals surface area contributed by atoms with E-state index in [1.807, 2.05) is 0 Å². The maximum absolute atomic E-state index is 11.7. The number of aliphatic hydroxyl groups is 1. The van der Waals surface area contributed by atoms with E-state index < -0.39 is 11.8 Å². The summed E-state index contributed by atoms with van der Waals surface area (Å²) in [6, 6.07) is 6.93. The molecule has 0 atom stereocenters. The zero-order valence-corrected chi connectivity index (χ0v) is 13.6. The van der Waals surface area contributed by atoms with Crippen LogP contribution in [0.3, 0.4) is 0 Å². The molecule has 0 aliphatic rings. The third-order valence-corrected chi connectivity index (χ3v) is 3.21. The molecule has 2 amide bonds. The van der Waals surface area contributed by atoms with Gasteiger partial charge in [-0.15, -0.1) is 0 Å². The topological polar surface area (TPSA) is 87.7 Å². The van der Waals surface area contributed by atoms with Crippen molar-refractivity contribution in [2.75, 3.05) is 25.1 Å². The molecule has 0 heterocycles. The standard InChI is InChI=1S/C17H26N2O4/c1-2-3-13-23-15-9-7-14(8-10-15)19-17(22)16(21)18-11-5-4-6-12-20/h7-10,20H,2-6,11-13H2,1H3,(H,18,21)(H,19,22). The number of unbranched alkanes of at least 4 members (excludes halogenated alkanes) is 3. The second-order valence-corrected chi connectivity index (χ2v) is 5.22. The van der Waals surface area contributed by atoms with E-state index in [1.165, 1.54) is 0 Å². The molecule has 0 saturated heterocycles. The minimum atomic E-state index is -0.688. The van der Waals surface area contributed by atoms with Crippen molar-refractivity contribution in [3.8, 4) is 5.75 Å². The quantitative estimate of drug-likeness (QED) is 0.454. The molecule has 6 heteroatoms. The molecule has 0 spiro atoms. The van der Waals surface area contributed by atoms with Gasteiger partial charge in [-0.3, -0.25) is 9.59 Å². The lowest BCUT2D eigenvalue weighted by atomic mass is 10.2. The molecule has 0 radical (unpaired) electrons. The molecule has 0 bridgehead atoms. The first kappa shape index (κ1) is 19.0. The van der Waals surface area contributed by atoms with Crippen LogP contribution in [0.2, 0.25) is 0 Å². The Balaban J connectivity index is 2.31. The fraction of sp³-hybridized carbons (Fsp3) is 0.529. The number of rotatable bonds is 10. The lowest BCUT2D eigenvalue weighted by Crippen LogP contribution is -2.35. The number of carbonyl (C=O) groups is 2. The van der Waals surface area contributed by atoms with Gasteiger partial charge in [0.25, 0.3) is 0 Å². The summed E-state index contributed by atoms with van der Waals surface area (Å²) in [6.07, 6.45) is 4.33. The fourth-order valence-electron chi connectivity index (χ4n) is 1.85. The number of carbonyl (C=O) groups excluding carboxylic acids is 2. The van der Waals surface area contributed by atoms with Crippen molar-refractivity contribution in [3.05, 3.63) is 24.3 Å². The number of amides is 2. The van der Waals surface area contributed by atoms with Crippen LogP contribution >= 0.6 is 0 Å². The van der Waals surface area contributed by atoms with E-state index in [4.69, 9.17) is 9.84 Å². The van der Waals surface area contributed by atoms with E-state index in [2.05, 4.69) is 17.6 Å². The molecule has 128 valence electrons. The van der Waals surface area contributed by atoms with Crippen LogP contribution in [-0.2, 0) is 9.59 Å². The summed E-state index contributed by atoms with van der Waals surface area (Å²) < 4.78 is 5.53. The van der Waals surface area contributed by atoms with Gasteiger partial charge in [0.05, 0.1) is 6.61 Å². The molecule has 1 aromatic rings. The second kappa shape index (κ2) is 11.5. The molecular formula is C17H26N2O4. The van der Waals surface area contributed by atoms with Crippen molar-refractivity contribution in [3.63, 3.8) is 0 Å². The van der Waals surface area contributed by atoms with Gasteiger partial charge < -0.3 is 20.5 Å². The van der Waals surface area contributed by atoms with Gasteiger partial charge in [0.1, 0.15) is 5.75 Å². The lowest BCUT2D eigenvalue weighted by molar-refractivity contribution is -0.136. The van der Waals surface area contributed by atoms with Crippen LogP contribution in [0.5, 0.6) is 5.75 Å². The summed E-state index contributed by atoms with van der Waals surface area (Å²) in [7, 11) is 0. The third-order valence-electron chi connectivity index (χ3n) is 3.21. The SMILES string of the molecule is CCCCOc1ccc(NC(=O)C(=O)NCCCCCO)cc1. The van der Waals surface area contributed by atoms with E-state index in [1.54, 1.807) is 24.3 Å². The molecule has 3 N–H and O–H groups in total. The summed E-state index contributed by atoms with van der Waals surface area (Å²) in [5.74, 6) is -0.603. The molecule has 1 rings (SSSR count). The van der Waals surface area contributed by atoms with Gasteiger partial charge in [-0.05, 0) is 49.9 Å². The zero-order chi connectivity index (χ0) is 16.9. The van der Waals surface area contributed by atoms with Gasteiger partial charge in [0.15, 0.2) is 0 Å². The molecule has 0 saturated carbocycles. The second-order valence-electron chi connectivity index (χ2n) is 5.22. The van der Waals surface area contributed by atoms with Crippen LogP contribution < -0.4 is 15.4 Å². The first-order valence-electron chi connectivity index (χ1n) is 8.10. The Kier molecular flexibility index (Phi) is 9.47. The van der Waals surface area contributed by atoms with Gasteiger partial charge in [0.2, 0.25) is 0 Å². The Bertz CT molecular complexity index is 474. The number of hydrogen-bond acceptors (Lipinski definition) is 4. The molecule has 0 aromatic heterocycles. The van der Waals surface area contributed by atoms with E-state index in [9.17, 15) is 9.59 Å². The Hall–Kier alpha value is -2.08. The molecule has 0 aliphatic heterocycles. The Morgan fingerprint density at radius 3 is 2.43 bits per heavy atom. The van der Waals surface area contributed by atoms with E-state index in [0.29, 0.717) is 25.3 Å². The van der Waals surface area contributed by atoms with Crippen LogP contribution in [0.1, 0.15) is 39.0 Å². The monoisotopic (exact) mass is 322 g/mol. The lowest BCUT2D eigenvalue weighted by Gasteiger charge is -2.08. The first-order valence-corrected chi connectivity index (χ1v) is 8.10. The number of aliphatic hydroxyl groups excluding tert-OH is 1. The van der Waals surface area contributed by atoms with Crippen molar-refractivity contribution in [2.45, 2.75) is 39.0 Å². The van der Waals surface area contributed by atoms with Crippen LogP contribution in [0.4, 0.5) is 5.69 Å². The molecule has 0 unspecified atom stereocenters. The third kappa shape index (κ3) is 8.21. The van der Waals surface area contributed by atoms with Gasteiger partial charge in [-0.1, -0.05) is 13.3 Å². The summed E-state index contributed by atoms with van der Waals surface area (Å²) in [6.45, 7) is 3.34. The van der Waals surface area contributed by atoms with Gasteiger partial charge in [-0.25, -0.2) is 0 Å². The normalized spacial score (nSPS) is 10.2. The molecule has 1 aromatic carbocycles. The number of nitrogens with one attached hydrogen (secondary N) is 2. The van der Waals surface area contributed by atoms with Crippen molar-refractivity contribution in [1.29, 1.82) is 0 Å². The Labute approximate surface area is 137 Å². The average Bonchev–Trinajstić information content (AvgIpc) is 2.56. The Morgan fingerprint density at radius 2 is 1.78 bits per heavy atom. The van der Waals surface area contributed by atoms with Crippen LogP contribution in [0, 0.1) is 0 Å². The number of anilines is 1. The predicted octanol–water partition coefficient (Wildman–Crippen LogP) is 2.08. The zero-order valence-electron chi connectivity index (χ0n) is 13.6. The summed E-state index contributed by atoms with van der Waals surface area (Å²) >= 11 is 0. The van der Waals surface area contributed by atoms with Crippen LogP contribution in [0.25, 0.3) is 0 Å². The van der Waals surface area contributed by atoms with Crippen LogP contribution in [0.15, 0.2) is 24.3 Å². The van der Waals surface area contributed by atoms with E-state index in [0.717, 1.165) is 31.4 Å². The van der Waals surface area contributed by atoms with Gasteiger partial charge >= 0.3 is 11.8 Å². The predicted molar refractivity (Wildman–Crippen MR) is 89.4 cm³/mol. The fourth-order valence-corrected chi connectivity index (χ4v) is 1.85.